The van der Waals surface area contributed by atoms with Crippen LogP contribution in [0.3, 0.4) is 0 Å². The zero-order valence-electron chi connectivity index (χ0n) is 7.81. The minimum absolute atomic E-state index is 0.379. The summed E-state index contributed by atoms with van der Waals surface area (Å²) < 4.78 is 0. The second-order valence-electron chi connectivity index (χ2n) is 4.50. The Morgan fingerprint density at radius 3 is 2.58 bits per heavy atom. The Morgan fingerprint density at radius 1 is 1.33 bits per heavy atom. The average Bonchev–Trinajstić information content (AvgIpc) is 2.96. The summed E-state index contributed by atoms with van der Waals surface area (Å²) in [5, 5.41) is 3.58. The van der Waals surface area contributed by atoms with Crippen LogP contribution in [-0.4, -0.2) is 18.6 Å². The fourth-order valence-corrected chi connectivity index (χ4v) is 1.75. The van der Waals surface area contributed by atoms with Crippen molar-refractivity contribution in [3.63, 3.8) is 0 Å². The van der Waals surface area contributed by atoms with Crippen LogP contribution >= 0.6 is 0 Å². The van der Waals surface area contributed by atoms with E-state index in [0.717, 1.165) is 12.5 Å². The van der Waals surface area contributed by atoms with Crippen molar-refractivity contribution in [2.75, 3.05) is 13.1 Å². The van der Waals surface area contributed by atoms with Crippen LogP contribution in [0.25, 0.3) is 0 Å². The van der Waals surface area contributed by atoms with Crippen molar-refractivity contribution < 1.29 is 0 Å². The summed E-state index contributed by atoms with van der Waals surface area (Å²) in [4.78, 5) is 0. The lowest BCUT2D eigenvalue weighted by molar-refractivity contribution is 0.484. The smallest absolute Gasteiger partial charge is 0.0305 e. The summed E-state index contributed by atoms with van der Waals surface area (Å²) in [5.41, 5.74) is 6.04. The van der Waals surface area contributed by atoms with Crippen LogP contribution in [0.4, 0.5) is 0 Å². The van der Waals surface area contributed by atoms with Gasteiger partial charge in [-0.15, -0.1) is 0 Å². The molecule has 2 aliphatic carbocycles. The molecule has 0 aromatic rings. The summed E-state index contributed by atoms with van der Waals surface area (Å²) in [5.74, 6) is 1.08. The molecule has 12 heavy (non-hydrogen) atoms. The molecular formula is C10H20N2. The van der Waals surface area contributed by atoms with Gasteiger partial charge in [0.2, 0.25) is 0 Å². The SMILES string of the molecule is NCC1(NCCCC2CC2)CC1. The molecule has 0 atom stereocenters. The van der Waals surface area contributed by atoms with E-state index in [1.807, 2.05) is 0 Å². The first-order valence-electron chi connectivity index (χ1n) is 5.30. The van der Waals surface area contributed by atoms with Gasteiger partial charge in [0.05, 0.1) is 0 Å². The number of rotatable bonds is 6. The zero-order valence-corrected chi connectivity index (χ0v) is 7.81. The van der Waals surface area contributed by atoms with Crippen molar-refractivity contribution in [2.45, 2.75) is 44.1 Å². The van der Waals surface area contributed by atoms with Crippen LogP contribution in [0.5, 0.6) is 0 Å². The van der Waals surface area contributed by atoms with Gasteiger partial charge < -0.3 is 11.1 Å². The minimum atomic E-state index is 0.379. The molecule has 3 N–H and O–H groups in total. The lowest BCUT2D eigenvalue weighted by Gasteiger charge is -2.14. The molecule has 0 aromatic carbocycles. The van der Waals surface area contributed by atoms with Crippen LogP contribution in [0.1, 0.15) is 38.5 Å². The molecule has 0 bridgehead atoms. The second kappa shape index (κ2) is 3.35. The fraction of sp³-hybridized carbons (Fsp3) is 1.00. The van der Waals surface area contributed by atoms with Gasteiger partial charge in [-0.05, 0) is 38.1 Å². The Morgan fingerprint density at radius 2 is 2.08 bits per heavy atom. The molecule has 0 unspecified atom stereocenters. The highest BCUT2D eigenvalue weighted by Crippen LogP contribution is 2.35. The monoisotopic (exact) mass is 168 g/mol. The molecule has 0 spiro atoms. The standard InChI is InChI=1S/C10H20N2/c11-8-10(5-6-10)12-7-1-2-9-3-4-9/h9,12H,1-8,11H2. The first-order chi connectivity index (χ1) is 5.85. The number of nitrogens with one attached hydrogen (secondary N) is 1. The number of hydrogen-bond donors (Lipinski definition) is 2. The van der Waals surface area contributed by atoms with Crippen molar-refractivity contribution in [1.29, 1.82) is 0 Å². The van der Waals surface area contributed by atoms with Gasteiger partial charge in [0.25, 0.3) is 0 Å². The van der Waals surface area contributed by atoms with Gasteiger partial charge in [0, 0.05) is 12.1 Å². The lowest BCUT2D eigenvalue weighted by Crippen LogP contribution is -2.38. The van der Waals surface area contributed by atoms with Crippen LogP contribution in [0.15, 0.2) is 0 Å². The molecule has 2 rings (SSSR count). The maximum atomic E-state index is 5.66. The highest BCUT2D eigenvalue weighted by atomic mass is 15.0. The average molecular weight is 168 g/mol. The Balaban J connectivity index is 1.50. The quantitative estimate of drug-likeness (QED) is 0.586. The zero-order chi connectivity index (χ0) is 8.44. The lowest BCUT2D eigenvalue weighted by atomic mass is 10.2. The second-order valence-corrected chi connectivity index (χ2v) is 4.50. The van der Waals surface area contributed by atoms with Gasteiger partial charge in [0.1, 0.15) is 0 Å². The molecule has 2 saturated carbocycles. The van der Waals surface area contributed by atoms with Gasteiger partial charge in [-0.2, -0.15) is 0 Å². The Hall–Kier alpha value is -0.0800. The number of nitrogens with two attached hydrogens (primary N) is 1. The van der Waals surface area contributed by atoms with Gasteiger partial charge in [-0.3, -0.25) is 0 Å². The first kappa shape index (κ1) is 8.52. The Bertz CT molecular complexity index is 148. The van der Waals surface area contributed by atoms with E-state index in [2.05, 4.69) is 5.32 Å². The summed E-state index contributed by atoms with van der Waals surface area (Å²) in [6.07, 6.45) is 8.37. The van der Waals surface area contributed by atoms with Crippen LogP contribution in [-0.2, 0) is 0 Å². The van der Waals surface area contributed by atoms with E-state index >= 15 is 0 Å². The van der Waals surface area contributed by atoms with Gasteiger partial charge in [-0.25, -0.2) is 0 Å². The molecule has 2 fully saturated rings. The predicted octanol–water partition coefficient (Wildman–Crippen LogP) is 1.26. The highest BCUT2D eigenvalue weighted by Gasteiger charge is 2.40. The van der Waals surface area contributed by atoms with Crippen molar-refractivity contribution in [3.05, 3.63) is 0 Å². The molecule has 0 aliphatic heterocycles. The topological polar surface area (TPSA) is 38.0 Å². The molecule has 0 radical (unpaired) electrons. The molecular weight excluding hydrogens is 148 g/mol. The predicted molar refractivity (Wildman–Crippen MR) is 51.0 cm³/mol. The normalized spacial score (nSPS) is 25.8. The van der Waals surface area contributed by atoms with Crippen LogP contribution < -0.4 is 11.1 Å². The molecule has 2 aliphatic rings. The van der Waals surface area contributed by atoms with Crippen LogP contribution in [0, 0.1) is 5.92 Å². The van der Waals surface area contributed by atoms with Crippen molar-refractivity contribution in [2.24, 2.45) is 11.7 Å². The van der Waals surface area contributed by atoms with Crippen LogP contribution in [0.2, 0.25) is 0 Å². The largest absolute Gasteiger partial charge is 0.329 e. The van der Waals surface area contributed by atoms with E-state index in [-0.39, 0.29) is 0 Å². The van der Waals surface area contributed by atoms with Gasteiger partial charge in [-0.1, -0.05) is 12.8 Å². The van der Waals surface area contributed by atoms with Crippen molar-refractivity contribution >= 4 is 0 Å². The molecule has 2 heteroatoms. The third-order valence-electron chi connectivity index (χ3n) is 3.23. The van der Waals surface area contributed by atoms with E-state index in [1.165, 1.54) is 45.1 Å². The summed E-state index contributed by atoms with van der Waals surface area (Å²) >= 11 is 0. The van der Waals surface area contributed by atoms with Gasteiger partial charge >= 0.3 is 0 Å². The third-order valence-corrected chi connectivity index (χ3v) is 3.23. The minimum Gasteiger partial charge on any atom is -0.329 e. The van der Waals surface area contributed by atoms with Gasteiger partial charge in [0.15, 0.2) is 0 Å². The van der Waals surface area contributed by atoms with E-state index in [4.69, 9.17) is 5.73 Å². The van der Waals surface area contributed by atoms with Crippen molar-refractivity contribution in [1.82, 2.24) is 5.32 Å². The molecule has 0 amide bonds. The summed E-state index contributed by atoms with van der Waals surface area (Å²) in [6.45, 7) is 2.02. The molecule has 70 valence electrons. The van der Waals surface area contributed by atoms with E-state index < -0.39 is 0 Å². The fourth-order valence-electron chi connectivity index (χ4n) is 1.75. The highest BCUT2D eigenvalue weighted by molar-refractivity contribution is 5.02. The summed E-state index contributed by atoms with van der Waals surface area (Å²) in [6, 6.07) is 0. The first-order valence-corrected chi connectivity index (χ1v) is 5.30. The molecule has 0 heterocycles. The Kier molecular flexibility index (Phi) is 2.37. The van der Waals surface area contributed by atoms with E-state index in [0.29, 0.717) is 5.54 Å². The molecule has 2 nitrogen and oxygen atoms in total. The Labute approximate surface area is 74.9 Å². The summed E-state index contributed by atoms with van der Waals surface area (Å²) in [7, 11) is 0. The maximum Gasteiger partial charge on any atom is 0.0305 e. The molecule has 0 aromatic heterocycles. The van der Waals surface area contributed by atoms with Crippen molar-refractivity contribution in [3.8, 4) is 0 Å². The maximum absolute atomic E-state index is 5.66. The molecule has 0 saturated heterocycles. The van der Waals surface area contributed by atoms with E-state index in [9.17, 15) is 0 Å². The van der Waals surface area contributed by atoms with E-state index in [1.54, 1.807) is 0 Å². The number of hydrogen-bond acceptors (Lipinski definition) is 2. The third kappa shape index (κ3) is 2.20.